The van der Waals surface area contributed by atoms with Gasteiger partial charge in [0.2, 0.25) is 0 Å². The minimum Gasteiger partial charge on any atom is -0.398 e. The molecule has 1 aromatic heterocycles. The Labute approximate surface area is 198 Å². The zero-order valence-corrected chi connectivity index (χ0v) is 18.0. The molecular formula is C23H14F6N6O. The first-order chi connectivity index (χ1) is 17.0. The van der Waals surface area contributed by atoms with E-state index in [1.165, 1.54) is 16.9 Å². The zero-order chi connectivity index (χ0) is 25.7. The van der Waals surface area contributed by atoms with E-state index >= 15 is 0 Å². The zero-order valence-electron chi connectivity index (χ0n) is 18.0. The van der Waals surface area contributed by atoms with E-state index in [0.29, 0.717) is 34.5 Å². The van der Waals surface area contributed by atoms with Gasteiger partial charge in [-0.25, -0.2) is 9.97 Å². The second-order valence-corrected chi connectivity index (χ2v) is 7.81. The van der Waals surface area contributed by atoms with Crippen molar-refractivity contribution in [3.63, 3.8) is 0 Å². The van der Waals surface area contributed by atoms with Crippen LogP contribution in [0.2, 0.25) is 0 Å². The normalized spacial score (nSPS) is 12.4. The minimum atomic E-state index is -5.03. The summed E-state index contributed by atoms with van der Waals surface area (Å²) < 4.78 is 85.8. The van der Waals surface area contributed by atoms with Gasteiger partial charge < -0.3 is 10.3 Å². The number of imidazole rings is 1. The molecular weight excluding hydrogens is 490 g/mol. The van der Waals surface area contributed by atoms with Crippen LogP contribution >= 0.6 is 0 Å². The molecule has 0 bridgehead atoms. The van der Waals surface area contributed by atoms with Crippen LogP contribution in [0.4, 0.5) is 32.0 Å². The van der Waals surface area contributed by atoms with Gasteiger partial charge in [-0.3, -0.25) is 4.68 Å². The van der Waals surface area contributed by atoms with E-state index in [1.54, 1.807) is 30.5 Å². The predicted molar refractivity (Wildman–Crippen MR) is 115 cm³/mol. The molecule has 0 aliphatic carbocycles. The van der Waals surface area contributed by atoms with Crippen molar-refractivity contribution >= 4 is 5.69 Å². The molecule has 7 nitrogen and oxygen atoms in total. The molecule has 0 fully saturated rings. The number of rotatable bonds is 4. The third-order valence-corrected chi connectivity index (χ3v) is 5.32. The van der Waals surface area contributed by atoms with Gasteiger partial charge in [0.05, 0.1) is 23.5 Å². The Morgan fingerprint density at radius 3 is 2.31 bits per heavy atom. The van der Waals surface area contributed by atoms with Gasteiger partial charge in [0.1, 0.15) is 23.6 Å². The Kier molecular flexibility index (Phi) is 5.42. The second-order valence-electron chi connectivity index (χ2n) is 7.81. The van der Waals surface area contributed by atoms with Crippen LogP contribution in [0.1, 0.15) is 16.9 Å². The first kappa shape index (κ1) is 23.3. The van der Waals surface area contributed by atoms with Crippen molar-refractivity contribution < 1.29 is 30.9 Å². The summed E-state index contributed by atoms with van der Waals surface area (Å²) in [6.45, 7) is -0.0272. The van der Waals surface area contributed by atoms with E-state index < -0.39 is 29.0 Å². The van der Waals surface area contributed by atoms with E-state index in [-0.39, 0.29) is 24.1 Å². The van der Waals surface area contributed by atoms with E-state index in [4.69, 9.17) is 10.3 Å². The highest BCUT2D eigenvalue weighted by Crippen LogP contribution is 2.40. The van der Waals surface area contributed by atoms with Gasteiger partial charge in [0, 0.05) is 22.9 Å². The molecule has 0 saturated carbocycles. The number of hydrogen-bond acceptors (Lipinski definition) is 6. The van der Waals surface area contributed by atoms with Crippen molar-refractivity contribution in [3.8, 4) is 34.0 Å². The van der Waals surface area contributed by atoms with E-state index in [9.17, 15) is 26.3 Å². The summed E-state index contributed by atoms with van der Waals surface area (Å²) in [5.41, 5.74) is 4.44. The Morgan fingerprint density at radius 1 is 0.833 bits per heavy atom. The predicted octanol–water partition coefficient (Wildman–Crippen LogP) is 5.77. The summed E-state index contributed by atoms with van der Waals surface area (Å²) in [5, 5.41) is 7.82. The highest BCUT2D eigenvalue weighted by molar-refractivity contribution is 5.74. The van der Waals surface area contributed by atoms with E-state index in [2.05, 4.69) is 20.2 Å². The molecule has 5 rings (SSSR count). The fraction of sp³-hybridized carbons (Fsp3) is 0.130. The summed E-state index contributed by atoms with van der Waals surface area (Å²) in [7, 11) is 0. The summed E-state index contributed by atoms with van der Waals surface area (Å²) in [5.74, 6) is 0.536. The van der Waals surface area contributed by atoms with Crippen LogP contribution in [0.3, 0.4) is 0 Å². The molecule has 2 N–H and O–H groups in total. The lowest BCUT2D eigenvalue weighted by molar-refractivity contribution is -0.142. The number of nitrogens with zero attached hydrogens (tertiary/aromatic N) is 5. The molecule has 36 heavy (non-hydrogen) atoms. The number of halogens is 6. The highest BCUT2D eigenvalue weighted by atomic mass is 19.4. The first-order valence-electron chi connectivity index (χ1n) is 10.3. The lowest BCUT2D eigenvalue weighted by Crippen LogP contribution is -2.12. The maximum Gasteiger partial charge on any atom is 0.417 e. The third-order valence-electron chi connectivity index (χ3n) is 5.32. The van der Waals surface area contributed by atoms with Crippen molar-refractivity contribution in [1.82, 2.24) is 24.9 Å². The summed E-state index contributed by atoms with van der Waals surface area (Å²) >= 11 is 0. The smallest absolute Gasteiger partial charge is 0.398 e. The van der Waals surface area contributed by atoms with Crippen molar-refractivity contribution in [2.45, 2.75) is 18.9 Å². The molecule has 2 aromatic carbocycles. The first-order valence-corrected chi connectivity index (χ1v) is 10.3. The second kappa shape index (κ2) is 8.36. The number of nitrogens with two attached hydrogens (primary N) is 1. The van der Waals surface area contributed by atoms with Gasteiger partial charge in [0.15, 0.2) is 11.6 Å². The molecule has 0 radical (unpaired) electrons. The number of anilines is 1. The highest BCUT2D eigenvalue weighted by Gasteiger charge is 2.39. The summed E-state index contributed by atoms with van der Waals surface area (Å²) in [4.78, 5) is 8.85. The largest absolute Gasteiger partial charge is 0.417 e. The average Bonchev–Trinajstić information content (AvgIpc) is 3.44. The van der Waals surface area contributed by atoms with Crippen LogP contribution in [-0.2, 0) is 18.9 Å². The maximum absolute atomic E-state index is 13.5. The van der Waals surface area contributed by atoms with Gasteiger partial charge in [-0.2, -0.15) is 31.4 Å². The fourth-order valence-corrected chi connectivity index (χ4v) is 3.62. The molecule has 3 heterocycles. The van der Waals surface area contributed by atoms with E-state index in [0.717, 1.165) is 6.07 Å². The number of para-hydroxylation sites is 1. The van der Waals surface area contributed by atoms with Gasteiger partial charge in [-0.05, 0) is 24.3 Å². The van der Waals surface area contributed by atoms with Crippen LogP contribution in [0.25, 0.3) is 34.0 Å². The summed E-state index contributed by atoms with van der Waals surface area (Å²) in [6, 6.07) is 9.63. The Balaban J connectivity index is 1.44. The average molecular weight is 504 g/mol. The number of nitrogen functional groups attached to an aromatic ring is 1. The number of aromatic nitrogens is 5. The molecule has 0 unspecified atom stereocenters. The van der Waals surface area contributed by atoms with Crippen LogP contribution in [0, 0.1) is 0 Å². The molecule has 0 atom stereocenters. The fourth-order valence-electron chi connectivity index (χ4n) is 3.62. The van der Waals surface area contributed by atoms with Crippen molar-refractivity contribution in [3.05, 3.63) is 77.8 Å². The quantitative estimate of drug-likeness (QED) is 0.247. The third kappa shape index (κ3) is 4.46. The van der Waals surface area contributed by atoms with Crippen LogP contribution in [0.15, 0.2) is 65.4 Å². The van der Waals surface area contributed by atoms with Gasteiger partial charge in [0.25, 0.3) is 0 Å². The molecule has 2 aliphatic rings. The van der Waals surface area contributed by atoms with Gasteiger partial charge >= 0.3 is 12.4 Å². The molecule has 0 spiro atoms. The van der Waals surface area contributed by atoms with Crippen LogP contribution in [-0.4, -0.2) is 24.9 Å². The number of alkyl halides is 6. The van der Waals surface area contributed by atoms with Gasteiger partial charge in [-0.15, -0.1) is 0 Å². The number of benzene rings is 2. The Hall–Kier alpha value is -4.42. The lowest BCUT2D eigenvalue weighted by Gasteiger charge is -2.14. The lowest BCUT2D eigenvalue weighted by atomic mass is 10.0. The van der Waals surface area contributed by atoms with Crippen molar-refractivity contribution in [2.75, 3.05) is 5.73 Å². The number of fused-ring (bicyclic) bond motifs is 1. The standard InChI is InChI=1S/C23H14F6N6O/c24-22(25,26)12-5-6-14(16(7-12)23(27,28)29)18-8-13(36-34-18)10-35-11-20-19(9-31-35)32-21(33-20)15-3-1-2-4-17(15)30/h1-9,11H,10,30H2. The SMILES string of the molecule is Nc1ccccc1-c1nc2cnn(Cc3cc(-c4ccc(C(F)(F)F)cc4C(F)(F)F)no3)cc-2n1. The topological polar surface area (TPSA) is 95.7 Å². The Morgan fingerprint density at radius 2 is 1.58 bits per heavy atom. The maximum atomic E-state index is 13.5. The minimum absolute atomic E-state index is 0.0272. The molecule has 2 aliphatic heterocycles. The molecule has 13 heteroatoms. The summed E-state index contributed by atoms with van der Waals surface area (Å²) in [6.07, 6.45) is -6.94. The van der Waals surface area contributed by atoms with Crippen LogP contribution < -0.4 is 5.73 Å². The molecule has 3 aromatic rings. The van der Waals surface area contributed by atoms with Crippen LogP contribution in [0.5, 0.6) is 0 Å². The number of hydrogen-bond donors (Lipinski definition) is 1. The van der Waals surface area contributed by atoms with E-state index in [1.807, 2.05) is 0 Å². The molecule has 0 saturated heterocycles. The monoisotopic (exact) mass is 504 g/mol. The Bertz CT molecular complexity index is 1520. The van der Waals surface area contributed by atoms with Crippen molar-refractivity contribution in [2.24, 2.45) is 0 Å². The van der Waals surface area contributed by atoms with Crippen molar-refractivity contribution in [1.29, 1.82) is 0 Å². The van der Waals surface area contributed by atoms with Gasteiger partial charge in [-0.1, -0.05) is 23.4 Å². The molecule has 184 valence electrons. The molecule has 0 amide bonds.